The summed E-state index contributed by atoms with van der Waals surface area (Å²) >= 11 is 1.31. The number of sulfonamides is 1. The van der Waals surface area contributed by atoms with Crippen LogP contribution >= 0.6 is 11.8 Å². The van der Waals surface area contributed by atoms with Crippen LogP contribution in [-0.4, -0.2) is 41.4 Å². The van der Waals surface area contributed by atoms with Crippen molar-refractivity contribution >= 4 is 33.4 Å². The molecule has 1 saturated heterocycles. The summed E-state index contributed by atoms with van der Waals surface area (Å²) in [5.74, 6) is -0.603. The van der Waals surface area contributed by atoms with E-state index < -0.39 is 22.3 Å². The number of rotatable bonds is 10. The van der Waals surface area contributed by atoms with Crippen LogP contribution < -0.4 is 4.72 Å². The zero-order chi connectivity index (χ0) is 28.8. The fourth-order valence-electron chi connectivity index (χ4n) is 4.39. The number of aliphatic hydroxyl groups excluding tert-OH is 1. The topological polar surface area (TPSA) is 135 Å². The van der Waals surface area contributed by atoms with Gasteiger partial charge in [0.05, 0.1) is 29.3 Å². The summed E-state index contributed by atoms with van der Waals surface area (Å²) < 4.78 is 40.7. The highest BCUT2D eigenvalue weighted by atomic mass is 32.2. The van der Waals surface area contributed by atoms with Crippen molar-refractivity contribution in [3.63, 3.8) is 0 Å². The van der Waals surface area contributed by atoms with Crippen molar-refractivity contribution in [2.45, 2.75) is 41.4 Å². The number of carboxylic acids is 1. The van der Waals surface area contributed by atoms with Gasteiger partial charge in [-0.2, -0.15) is 0 Å². The van der Waals surface area contributed by atoms with Crippen molar-refractivity contribution in [3.05, 3.63) is 119 Å². The third kappa shape index (κ3) is 7.13. The number of benzene rings is 3. The van der Waals surface area contributed by atoms with E-state index in [0.717, 1.165) is 11.1 Å². The smallest absolute Gasteiger partial charge is 0.338 e. The van der Waals surface area contributed by atoms with Crippen molar-refractivity contribution in [1.29, 1.82) is 0 Å². The van der Waals surface area contributed by atoms with Crippen LogP contribution in [0.4, 0.5) is 5.69 Å². The van der Waals surface area contributed by atoms with E-state index in [1.807, 2.05) is 24.3 Å². The number of carboxylic acid groups (broad SMARTS) is 1. The molecule has 0 radical (unpaired) electrons. The summed E-state index contributed by atoms with van der Waals surface area (Å²) in [5.41, 5.74) is 2.93. The third-order valence-electron chi connectivity index (χ3n) is 6.51. The van der Waals surface area contributed by atoms with Crippen LogP contribution in [0, 0.1) is 0 Å². The summed E-state index contributed by atoms with van der Waals surface area (Å²) in [7, 11) is -3.73. The van der Waals surface area contributed by atoms with E-state index >= 15 is 0 Å². The van der Waals surface area contributed by atoms with Crippen LogP contribution in [-0.2, 0) is 26.1 Å². The van der Waals surface area contributed by atoms with Gasteiger partial charge in [0, 0.05) is 29.6 Å². The molecule has 5 rings (SSSR count). The molecule has 3 aromatic carbocycles. The van der Waals surface area contributed by atoms with Crippen LogP contribution in [0.5, 0.6) is 0 Å². The van der Waals surface area contributed by atoms with Gasteiger partial charge in [-0.15, -0.1) is 11.8 Å². The third-order valence-corrected chi connectivity index (χ3v) is 9.05. The molecule has 41 heavy (non-hydrogen) atoms. The average Bonchev–Trinajstić information content (AvgIpc) is 3.00. The van der Waals surface area contributed by atoms with E-state index in [4.69, 9.17) is 9.47 Å². The van der Waals surface area contributed by atoms with Crippen molar-refractivity contribution in [3.8, 4) is 0 Å². The lowest BCUT2D eigenvalue weighted by Crippen LogP contribution is -2.31. The minimum absolute atomic E-state index is 0.0623. The Hall–Kier alpha value is -3.74. The molecular formula is C30H28N2O7S2. The molecule has 3 atom stereocenters. The number of nitrogens with zero attached hydrogens (tertiary/aromatic N) is 1. The highest BCUT2D eigenvalue weighted by Gasteiger charge is 2.32. The quantitative estimate of drug-likeness (QED) is 0.207. The monoisotopic (exact) mass is 592 g/mol. The number of aromatic nitrogens is 1. The Balaban J connectivity index is 1.35. The summed E-state index contributed by atoms with van der Waals surface area (Å²) in [6.07, 6.45) is 0.694. The van der Waals surface area contributed by atoms with Crippen molar-refractivity contribution in [1.82, 2.24) is 4.98 Å². The number of ether oxygens (including phenoxy) is 2. The Bertz CT molecular complexity index is 1580. The number of anilines is 1. The van der Waals surface area contributed by atoms with Gasteiger partial charge in [0.25, 0.3) is 10.0 Å². The Morgan fingerprint density at radius 3 is 2.32 bits per heavy atom. The number of nitrogens with one attached hydrogen (secondary N) is 1. The first-order chi connectivity index (χ1) is 19.8. The van der Waals surface area contributed by atoms with Gasteiger partial charge in [0.15, 0.2) is 6.29 Å². The Labute approximate surface area is 242 Å². The average molecular weight is 593 g/mol. The van der Waals surface area contributed by atoms with E-state index in [2.05, 4.69) is 9.71 Å². The van der Waals surface area contributed by atoms with Gasteiger partial charge in [-0.25, -0.2) is 18.2 Å². The van der Waals surface area contributed by atoms with Gasteiger partial charge in [0.2, 0.25) is 0 Å². The Morgan fingerprint density at radius 1 is 0.927 bits per heavy atom. The van der Waals surface area contributed by atoms with Crippen molar-refractivity contribution in [2.75, 3.05) is 10.5 Å². The highest BCUT2D eigenvalue weighted by molar-refractivity contribution is 7.99. The summed E-state index contributed by atoms with van der Waals surface area (Å²) in [6, 6.07) is 25.5. The van der Waals surface area contributed by atoms with E-state index in [1.54, 1.807) is 54.7 Å². The predicted octanol–water partition coefficient (Wildman–Crippen LogP) is 5.41. The number of aromatic carboxylic acids is 1. The first kappa shape index (κ1) is 28.8. The van der Waals surface area contributed by atoms with Crippen LogP contribution in [0.3, 0.4) is 0 Å². The lowest BCUT2D eigenvalue weighted by Gasteiger charge is -2.36. The SMILES string of the molecule is O=C(O)c1cccnc1SCC1CC(c2ccc(CO)cc2)OC(c2ccc(NS(=O)(=O)c3ccccc3)cc2)O1. The fraction of sp³-hybridized carbons (Fsp3) is 0.200. The summed E-state index contributed by atoms with van der Waals surface area (Å²) in [4.78, 5) is 16.0. The largest absolute Gasteiger partial charge is 0.478 e. The molecule has 0 bridgehead atoms. The molecular weight excluding hydrogens is 564 g/mol. The summed E-state index contributed by atoms with van der Waals surface area (Å²) in [5, 5.41) is 19.4. The molecule has 212 valence electrons. The molecule has 1 aliphatic rings. The lowest BCUT2D eigenvalue weighted by atomic mass is 10.0. The van der Waals surface area contributed by atoms with E-state index in [9.17, 15) is 23.4 Å². The van der Waals surface area contributed by atoms with Gasteiger partial charge in [0.1, 0.15) is 5.03 Å². The van der Waals surface area contributed by atoms with Crippen LogP contribution in [0.2, 0.25) is 0 Å². The molecule has 0 spiro atoms. The lowest BCUT2D eigenvalue weighted by molar-refractivity contribution is -0.245. The number of aliphatic hydroxyl groups is 1. The minimum atomic E-state index is -3.73. The maximum Gasteiger partial charge on any atom is 0.338 e. The van der Waals surface area contributed by atoms with Gasteiger partial charge in [-0.1, -0.05) is 54.6 Å². The Kier molecular flexibility index (Phi) is 9.01. The predicted molar refractivity (Wildman–Crippen MR) is 154 cm³/mol. The molecule has 0 saturated carbocycles. The second-order valence-corrected chi connectivity index (χ2v) is 12.1. The van der Waals surface area contributed by atoms with Gasteiger partial charge in [-0.05, 0) is 47.5 Å². The van der Waals surface area contributed by atoms with Gasteiger partial charge in [-0.3, -0.25) is 4.72 Å². The molecule has 2 heterocycles. The van der Waals surface area contributed by atoms with Crippen LogP contribution in [0.1, 0.15) is 45.9 Å². The minimum Gasteiger partial charge on any atom is -0.478 e. The molecule has 9 nitrogen and oxygen atoms in total. The fourth-order valence-corrected chi connectivity index (χ4v) is 6.47. The van der Waals surface area contributed by atoms with Gasteiger partial charge < -0.3 is 19.7 Å². The van der Waals surface area contributed by atoms with E-state index in [0.29, 0.717) is 28.5 Å². The van der Waals surface area contributed by atoms with Crippen molar-refractivity contribution < 1.29 is 32.9 Å². The molecule has 11 heteroatoms. The van der Waals surface area contributed by atoms with Crippen LogP contribution in [0.25, 0.3) is 0 Å². The summed E-state index contributed by atoms with van der Waals surface area (Å²) in [6.45, 7) is -0.0623. The first-order valence-electron chi connectivity index (χ1n) is 12.8. The normalized spacial score (nSPS) is 19.0. The molecule has 3 unspecified atom stereocenters. The van der Waals surface area contributed by atoms with Gasteiger partial charge >= 0.3 is 5.97 Å². The standard InChI is InChI=1S/C30H28N2O7S2/c33-18-20-8-10-21(11-9-20)27-17-24(19-40-28-26(29(34)35)7-4-16-31-28)38-30(39-27)22-12-14-23(15-13-22)32-41(36,37)25-5-2-1-3-6-25/h1-16,24,27,30,32-33H,17-19H2,(H,34,35). The first-order valence-corrected chi connectivity index (χ1v) is 15.3. The molecule has 1 fully saturated rings. The maximum absolute atomic E-state index is 12.7. The van der Waals surface area contributed by atoms with E-state index in [-0.39, 0.29) is 29.3 Å². The number of thioether (sulfide) groups is 1. The molecule has 0 aliphatic carbocycles. The van der Waals surface area contributed by atoms with Crippen LogP contribution in [0.15, 0.2) is 107 Å². The highest BCUT2D eigenvalue weighted by Crippen LogP contribution is 2.39. The second kappa shape index (κ2) is 12.8. The molecule has 1 aromatic heterocycles. The number of pyridine rings is 1. The molecule has 3 N–H and O–H groups in total. The Morgan fingerprint density at radius 2 is 1.63 bits per heavy atom. The maximum atomic E-state index is 12.7. The molecule has 0 amide bonds. The second-order valence-electron chi connectivity index (χ2n) is 9.36. The zero-order valence-corrected chi connectivity index (χ0v) is 23.4. The number of carbonyl (C=O) groups is 1. The van der Waals surface area contributed by atoms with Crippen molar-refractivity contribution in [2.24, 2.45) is 0 Å². The number of hydrogen-bond acceptors (Lipinski definition) is 8. The molecule has 4 aromatic rings. The zero-order valence-electron chi connectivity index (χ0n) is 21.8. The van der Waals surface area contributed by atoms with E-state index in [1.165, 1.54) is 30.0 Å². The molecule has 1 aliphatic heterocycles. The number of hydrogen-bond donors (Lipinski definition) is 3.